The number of benzene rings is 1. The molecule has 1 N–H and O–H groups in total. The van der Waals surface area contributed by atoms with Gasteiger partial charge in [-0.1, -0.05) is 28.9 Å². The molecular weight excluding hydrogens is 310 g/mol. The SMILES string of the molecule is CC[C@H](CN(C)C)NS(=O)(=O)N=S(C)(=O)c1ccccc1. The minimum Gasteiger partial charge on any atom is -0.308 e. The Balaban J connectivity index is 3.03. The first-order valence-corrected chi connectivity index (χ1v) is 9.98. The van der Waals surface area contributed by atoms with Crippen molar-refractivity contribution in [1.82, 2.24) is 9.62 Å². The summed E-state index contributed by atoms with van der Waals surface area (Å²) >= 11 is 0. The van der Waals surface area contributed by atoms with E-state index < -0.39 is 19.9 Å². The van der Waals surface area contributed by atoms with Crippen molar-refractivity contribution in [2.24, 2.45) is 3.77 Å². The molecule has 0 spiro atoms. The van der Waals surface area contributed by atoms with Crippen LogP contribution in [0.5, 0.6) is 0 Å². The van der Waals surface area contributed by atoms with E-state index in [0.29, 0.717) is 17.9 Å². The highest BCUT2D eigenvalue weighted by Gasteiger charge is 2.19. The molecule has 0 saturated carbocycles. The standard InChI is InChI=1S/C13H23N3O3S2/c1-5-12(11-16(2)3)14-21(18,19)15-20(4,17)13-9-7-6-8-10-13/h6-10,12,14H,5,11H2,1-4H3/t12-,20?/m1/s1. The van der Waals surface area contributed by atoms with Gasteiger partial charge in [0.2, 0.25) is 0 Å². The molecule has 0 aliphatic rings. The van der Waals surface area contributed by atoms with Gasteiger partial charge in [0.05, 0.1) is 9.73 Å². The third-order valence-electron chi connectivity index (χ3n) is 2.81. The zero-order valence-electron chi connectivity index (χ0n) is 12.8. The molecule has 1 rings (SSSR count). The van der Waals surface area contributed by atoms with E-state index in [9.17, 15) is 12.6 Å². The number of nitrogens with one attached hydrogen (secondary N) is 1. The van der Waals surface area contributed by atoms with Crippen molar-refractivity contribution < 1.29 is 12.6 Å². The summed E-state index contributed by atoms with van der Waals surface area (Å²) in [5, 5.41) is 0. The van der Waals surface area contributed by atoms with Crippen LogP contribution in [0.15, 0.2) is 39.0 Å². The first-order valence-electron chi connectivity index (χ1n) is 6.62. The Morgan fingerprint density at radius 2 is 1.76 bits per heavy atom. The summed E-state index contributed by atoms with van der Waals surface area (Å²) < 4.78 is 42.8. The van der Waals surface area contributed by atoms with Crippen LogP contribution in [0, 0.1) is 0 Å². The lowest BCUT2D eigenvalue weighted by Crippen LogP contribution is -2.40. The van der Waals surface area contributed by atoms with Gasteiger partial charge in [0, 0.05) is 23.7 Å². The minimum absolute atomic E-state index is 0.264. The topological polar surface area (TPSA) is 78.8 Å². The Labute approximate surface area is 127 Å². The van der Waals surface area contributed by atoms with Crippen molar-refractivity contribution in [2.45, 2.75) is 24.3 Å². The zero-order valence-corrected chi connectivity index (χ0v) is 14.4. The molecule has 1 unspecified atom stereocenters. The molecule has 0 aliphatic heterocycles. The number of likely N-dealkylation sites (N-methyl/N-ethyl adjacent to an activating group) is 1. The van der Waals surface area contributed by atoms with Crippen LogP contribution in [-0.2, 0) is 19.9 Å². The molecule has 8 heteroatoms. The molecule has 0 radical (unpaired) electrons. The molecule has 1 aromatic rings. The van der Waals surface area contributed by atoms with Crippen molar-refractivity contribution in [3.63, 3.8) is 0 Å². The summed E-state index contributed by atoms with van der Waals surface area (Å²) in [4.78, 5) is 2.29. The van der Waals surface area contributed by atoms with Crippen LogP contribution in [0.4, 0.5) is 0 Å². The van der Waals surface area contributed by atoms with Gasteiger partial charge in [-0.15, -0.1) is 0 Å². The highest BCUT2D eigenvalue weighted by molar-refractivity contribution is 8.02. The summed E-state index contributed by atoms with van der Waals surface area (Å²) in [6.45, 7) is 2.44. The Morgan fingerprint density at radius 1 is 1.19 bits per heavy atom. The van der Waals surface area contributed by atoms with Crippen molar-refractivity contribution in [3.8, 4) is 0 Å². The lowest BCUT2D eigenvalue weighted by atomic mass is 10.2. The van der Waals surface area contributed by atoms with Gasteiger partial charge in [-0.3, -0.25) is 0 Å². The molecule has 0 fully saturated rings. The Morgan fingerprint density at radius 3 is 2.24 bits per heavy atom. The van der Waals surface area contributed by atoms with Gasteiger partial charge >= 0.3 is 10.2 Å². The van der Waals surface area contributed by atoms with Gasteiger partial charge in [-0.05, 0) is 32.6 Å². The first-order chi connectivity index (χ1) is 9.66. The predicted octanol–water partition coefficient (Wildman–Crippen LogP) is 1.32. The highest BCUT2D eigenvalue weighted by atomic mass is 32.3. The lowest BCUT2D eigenvalue weighted by molar-refractivity contribution is 0.354. The fraction of sp³-hybridized carbons (Fsp3) is 0.538. The van der Waals surface area contributed by atoms with Crippen LogP contribution in [0.1, 0.15) is 13.3 Å². The van der Waals surface area contributed by atoms with Gasteiger partial charge in [-0.2, -0.15) is 13.1 Å². The van der Waals surface area contributed by atoms with E-state index >= 15 is 0 Å². The number of hydrogen-bond acceptors (Lipinski definition) is 4. The highest BCUT2D eigenvalue weighted by Crippen LogP contribution is 2.12. The second kappa shape index (κ2) is 7.35. The molecule has 0 bridgehead atoms. The van der Waals surface area contributed by atoms with Gasteiger partial charge < -0.3 is 4.90 Å². The van der Waals surface area contributed by atoms with E-state index in [-0.39, 0.29) is 6.04 Å². The van der Waals surface area contributed by atoms with Gasteiger partial charge in [-0.25, -0.2) is 4.21 Å². The molecule has 1 aromatic carbocycles. The summed E-state index contributed by atoms with van der Waals surface area (Å²) in [5.41, 5.74) is 0. The smallest absolute Gasteiger partial charge is 0.308 e. The predicted molar refractivity (Wildman–Crippen MR) is 85.9 cm³/mol. The summed E-state index contributed by atoms with van der Waals surface area (Å²) in [6.07, 6.45) is 1.96. The first kappa shape index (κ1) is 18.1. The van der Waals surface area contributed by atoms with Crippen LogP contribution in [-0.4, -0.2) is 50.5 Å². The van der Waals surface area contributed by atoms with Crippen molar-refractivity contribution in [2.75, 3.05) is 26.9 Å². The van der Waals surface area contributed by atoms with E-state index in [1.54, 1.807) is 30.3 Å². The van der Waals surface area contributed by atoms with E-state index in [4.69, 9.17) is 0 Å². The maximum Gasteiger partial charge on any atom is 0.328 e. The Bertz CT molecular complexity index is 663. The van der Waals surface area contributed by atoms with Crippen molar-refractivity contribution in [3.05, 3.63) is 30.3 Å². The monoisotopic (exact) mass is 333 g/mol. The van der Waals surface area contributed by atoms with Crippen LogP contribution >= 0.6 is 0 Å². The minimum atomic E-state index is -3.97. The quantitative estimate of drug-likeness (QED) is 0.816. The molecule has 0 aliphatic carbocycles. The molecule has 0 saturated heterocycles. The average Bonchev–Trinajstić information content (AvgIpc) is 2.36. The molecule has 0 aromatic heterocycles. The molecule has 2 atom stereocenters. The van der Waals surface area contributed by atoms with Gasteiger partial charge in [0.1, 0.15) is 0 Å². The van der Waals surface area contributed by atoms with Gasteiger partial charge in [0.15, 0.2) is 0 Å². The summed E-state index contributed by atoms with van der Waals surface area (Å²) in [7, 11) is -3.24. The molecule has 0 heterocycles. The number of rotatable bonds is 7. The maximum absolute atomic E-state index is 12.5. The third kappa shape index (κ3) is 6.13. The fourth-order valence-electron chi connectivity index (χ4n) is 1.83. The van der Waals surface area contributed by atoms with Gasteiger partial charge in [0.25, 0.3) is 0 Å². The van der Waals surface area contributed by atoms with E-state index in [1.807, 2.05) is 25.9 Å². The molecule has 6 nitrogen and oxygen atoms in total. The second-order valence-corrected chi connectivity index (χ2v) is 9.01. The van der Waals surface area contributed by atoms with Crippen LogP contribution < -0.4 is 4.72 Å². The maximum atomic E-state index is 12.5. The second-order valence-electron chi connectivity index (χ2n) is 5.15. The third-order valence-corrected chi connectivity index (χ3v) is 6.52. The molecular formula is C13H23N3O3S2. The summed E-state index contributed by atoms with van der Waals surface area (Å²) in [5.74, 6) is 0. The van der Waals surface area contributed by atoms with E-state index in [1.165, 1.54) is 6.26 Å². The normalized spacial score (nSPS) is 16.4. The van der Waals surface area contributed by atoms with Crippen LogP contribution in [0.2, 0.25) is 0 Å². The van der Waals surface area contributed by atoms with Crippen LogP contribution in [0.3, 0.4) is 0 Å². The number of hydrogen-bond donors (Lipinski definition) is 1. The van der Waals surface area contributed by atoms with Crippen molar-refractivity contribution >= 4 is 19.9 Å². The van der Waals surface area contributed by atoms with E-state index in [0.717, 1.165) is 0 Å². The van der Waals surface area contributed by atoms with Crippen LogP contribution in [0.25, 0.3) is 0 Å². The molecule has 21 heavy (non-hydrogen) atoms. The average molecular weight is 333 g/mol. The summed E-state index contributed by atoms with van der Waals surface area (Å²) in [6, 6.07) is 8.14. The Kier molecular flexibility index (Phi) is 6.33. The van der Waals surface area contributed by atoms with Crippen molar-refractivity contribution in [1.29, 1.82) is 0 Å². The lowest BCUT2D eigenvalue weighted by Gasteiger charge is -2.19. The number of nitrogens with zero attached hydrogens (tertiary/aromatic N) is 2. The zero-order chi connectivity index (χ0) is 16.1. The molecule has 120 valence electrons. The largest absolute Gasteiger partial charge is 0.328 e. The molecule has 0 amide bonds. The van der Waals surface area contributed by atoms with E-state index in [2.05, 4.69) is 8.49 Å². The Hall–Kier alpha value is -0.960. The fourth-order valence-corrected chi connectivity index (χ4v) is 5.16.